The first kappa shape index (κ1) is 20.3. The Morgan fingerprint density at radius 3 is 2.07 bits per heavy atom. The second-order valence-corrected chi connectivity index (χ2v) is 5.72. The van der Waals surface area contributed by atoms with E-state index >= 15 is 0 Å². The third-order valence-corrected chi connectivity index (χ3v) is 3.89. The molecular formula is C19H17N5O6. The van der Waals surface area contributed by atoms with Crippen molar-refractivity contribution in [2.45, 2.75) is 0 Å². The Hall–Kier alpha value is -4.41. The number of hydrogen-bond donors (Lipinski definition) is 2. The third kappa shape index (κ3) is 4.70. The summed E-state index contributed by atoms with van der Waals surface area (Å²) in [6.07, 6.45) is 1.08. The molecule has 0 saturated carbocycles. The largest absolute Gasteiger partial charge is 0.497 e. The first-order chi connectivity index (χ1) is 14.5. The van der Waals surface area contributed by atoms with E-state index in [0.29, 0.717) is 22.8 Å². The summed E-state index contributed by atoms with van der Waals surface area (Å²) in [5.74, 6) is 0.449. The van der Waals surface area contributed by atoms with Crippen molar-refractivity contribution in [3.63, 3.8) is 0 Å². The predicted octanol–water partition coefficient (Wildman–Crippen LogP) is 2.95. The molecule has 0 spiro atoms. The normalized spacial score (nSPS) is 10.1. The van der Waals surface area contributed by atoms with Gasteiger partial charge in [0.25, 0.3) is 5.91 Å². The molecule has 0 aliphatic rings. The van der Waals surface area contributed by atoms with E-state index in [0.717, 1.165) is 6.33 Å². The van der Waals surface area contributed by atoms with Gasteiger partial charge in [0.15, 0.2) is 0 Å². The second kappa shape index (κ2) is 9.19. The van der Waals surface area contributed by atoms with E-state index in [1.54, 1.807) is 48.5 Å². The van der Waals surface area contributed by atoms with E-state index in [1.807, 2.05) is 0 Å². The van der Waals surface area contributed by atoms with Crippen LogP contribution in [0.4, 0.5) is 11.5 Å². The summed E-state index contributed by atoms with van der Waals surface area (Å²) in [4.78, 5) is 30.8. The van der Waals surface area contributed by atoms with E-state index in [-0.39, 0.29) is 11.7 Å². The van der Waals surface area contributed by atoms with Gasteiger partial charge in [-0.15, -0.1) is 0 Å². The highest BCUT2D eigenvalue weighted by molar-refractivity contribution is 5.95. The fourth-order valence-electron chi connectivity index (χ4n) is 2.38. The number of hydrazine groups is 1. The molecule has 0 aliphatic carbocycles. The summed E-state index contributed by atoms with van der Waals surface area (Å²) in [5, 5.41) is 11.6. The minimum atomic E-state index is -0.708. The van der Waals surface area contributed by atoms with Crippen LogP contribution in [-0.4, -0.2) is 35.0 Å². The van der Waals surface area contributed by atoms with Crippen LogP contribution in [0.25, 0.3) is 0 Å². The molecule has 0 aliphatic heterocycles. The maximum atomic E-state index is 12.3. The lowest BCUT2D eigenvalue weighted by Gasteiger charge is -2.11. The summed E-state index contributed by atoms with van der Waals surface area (Å²) in [7, 11) is 3.03. The molecule has 1 aromatic heterocycles. The number of anilines is 1. The number of rotatable bonds is 8. The van der Waals surface area contributed by atoms with Crippen LogP contribution in [-0.2, 0) is 0 Å². The Morgan fingerprint density at radius 1 is 0.933 bits per heavy atom. The number of carbonyl (C=O) groups excluding carboxylic acids is 1. The Bertz CT molecular complexity index is 1040. The van der Waals surface area contributed by atoms with Crippen molar-refractivity contribution in [2.75, 3.05) is 19.6 Å². The van der Waals surface area contributed by atoms with Crippen molar-refractivity contribution in [2.24, 2.45) is 0 Å². The SMILES string of the molecule is COc1ccc(Oc2ncnc(NNC(=O)c3ccc(OC)cc3)c2[N+](=O)[O-])cc1. The highest BCUT2D eigenvalue weighted by Crippen LogP contribution is 2.34. The third-order valence-electron chi connectivity index (χ3n) is 3.89. The molecule has 11 nitrogen and oxygen atoms in total. The molecule has 1 amide bonds. The maximum absolute atomic E-state index is 12.3. The van der Waals surface area contributed by atoms with Crippen LogP contribution in [0.3, 0.4) is 0 Å². The molecule has 154 valence electrons. The molecule has 0 radical (unpaired) electrons. The van der Waals surface area contributed by atoms with E-state index in [1.165, 1.54) is 14.2 Å². The van der Waals surface area contributed by atoms with Crippen LogP contribution < -0.4 is 25.1 Å². The zero-order valence-corrected chi connectivity index (χ0v) is 16.0. The average Bonchev–Trinajstić information content (AvgIpc) is 2.78. The van der Waals surface area contributed by atoms with Crippen molar-refractivity contribution in [1.82, 2.24) is 15.4 Å². The number of amides is 1. The summed E-state index contributed by atoms with van der Waals surface area (Å²) in [6.45, 7) is 0. The molecule has 0 fully saturated rings. The lowest BCUT2D eigenvalue weighted by Crippen LogP contribution is -2.30. The molecule has 3 rings (SSSR count). The number of nitrogens with zero attached hydrogens (tertiary/aromatic N) is 3. The first-order valence-corrected chi connectivity index (χ1v) is 8.53. The number of hydrogen-bond acceptors (Lipinski definition) is 9. The molecule has 0 saturated heterocycles. The fraction of sp³-hybridized carbons (Fsp3) is 0.105. The van der Waals surface area contributed by atoms with Crippen LogP contribution in [0.5, 0.6) is 23.1 Å². The molecule has 11 heteroatoms. The Morgan fingerprint density at radius 2 is 1.50 bits per heavy atom. The molecule has 0 bridgehead atoms. The Kier molecular flexibility index (Phi) is 6.23. The number of methoxy groups -OCH3 is 2. The first-order valence-electron chi connectivity index (χ1n) is 8.53. The van der Waals surface area contributed by atoms with Crippen molar-refractivity contribution >= 4 is 17.4 Å². The van der Waals surface area contributed by atoms with Crippen molar-refractivity contribution in [3.05, 3.63) is 70.5 Å². The van der Waals surface area contributed by atoms with Gasteiger partial charge in [-0.05, 0) is 48.5 Å². The number of carbonyl (C=O) groups is 1. The quantitative estimate of drug-likeness (QED) is 0.423. The monoisotopic (exact) mass is 411 g/mol. The van der Waals surface area contributed by atoms with Crippen LogP contribution in [0.2, 0.25) is 0 Å². The van der Waals surface area contributed by atoms with Crippen LogP contribution in [0.1, 0.15) is 10.4 Å². The van der Waals surface area contributed by atoms with Gasteiger partial charge in [-0.3, -0.25) is 25.8 Å². The minimum absolute atomic E-state index is 0.236. The smallest absolute Gasteiger partial charge is 0.374 e. The zero-order valence-electron chi connectivity index (χ0n) is 16.0. The molecule has 0 unspecified atom stereocenters. The highest BCUT2D eigenvalue weighted by Gasteiger charge is 2.25. The highest BCUT2D eigenvalue weighted by atomic mass is 16.6. The molecule has 2 N–H and O–H groups in total. The topological polar surface area (TPSA) is 138 Å². The predicted molar refractivity (Wildman–Crippen MR) is 106 cm³/mol. The van der Waals surface area contributed by atoms with Gasteiger partial charge in [-0.2, -0.15) is 4.98 Å². The lowest BCUT2D eigenvalue weighted by molar-refractivity contribution is -0.385. The van der Waals surface area contributed by atoms with Crippen molar-refractivity contribution in [3.8, 4) is 23.1 Å². The van der Waals surface area contributed by atoms with Gasteiger partial charge in [-0.1, -0.05) is 0 Å². The van der Waals surface area contributed by atoms with Gasteiger partial charge < -0.3 is 14.2 Å². The van der Waals surface area contributed by atoms with Crippen LogP contribution in [0, 0.1) is 10.1 Å². The van der Waals surface area contributed by atoms with Crippen molar-refractivity contribution in [1.29, 1.82) is 0 Å². The van der Waals surface area contributed by atoms with Gasteiger partial charge in [0.05, 0.1) is 19.1 Å². The maximum Gasteiger partial charge on any atom is 0.374 e. The minimum Gasteiger partial charge on any atom is -0.497 e. The van der Waals surface area contributed by atoms with Gasteiger partial charge in [0, 0.05) is 5.56 Å². The number of nitrogens with one attached hydrogen (secondary N) is 2. The van der Waals surface area contributed by atoms with E-state index in [2.05, 4.69) is 20.8 Å². The van der Waals surface area contributed by atoms with Gasteiger partial charge >= 0.3 is 11.6 Å². The number of benzene rings is 2. The van der Waals surface area contributed by atoms with E-state index in [4.69, 9.17) is 14.2 Å². The molecule has 3 aromatic rings. The average molecular weight is 411 g/mol. The zero-order chi connectivity index (χ0) is 21.5. The van der Waals surface area contributed by atoms with Gasteiger partial charge in [0.1, 0.15) is 23.6 Å². The van der Waals surface area contributed by atoms with Crippen molar-refractivity contribution < 1.29 is 23.9 Å². The molecule has 0 atom stereocenters. The van der Waals surface area contributed by atoms with Crippen LogP contribution in [0.15, 0.2) is 54.9 Å². The van der Waals surface area contributed by atoms with E-state index < -0.39 is 16.5 Å². The molecule has 2 aromatic carbocycles. The Labute approximate surface area is 170 Å². The van der Waals surface area contributed by atoms with Crippen LogP contribution >= 0.6 is 0 Å². The number of aromatic nitrogens is 2. The standard InChI is InChI=1S/C19H17N5O6/c1-28-13-5-3-12(4-6-13)18(25)23-22-17-16(24(26)27)19(21-11-20-17)30-15-9-7-14(29-2)8-10-15/h3-11H,1-2H3,(H,23,25)(H,20,21,22). The lowest BCUT2D eigenvalue weighted by atomic mass is 10.2. The molecule has 30 heavy (non-hydrogen) atoms. The number of nitro groups is 1. The Balaban J connectivity index is 1.77. The number of ether oxygens (including phenoxy) is 3. The molecular weight excluding hydrogens is 394 g/mol. The molecule has 1 heterocycles. The summed E-state index contributed by atoms with van der Waals surface area (Å²) < 4.78 is 15.6. The van der Waals surface area contributed by atoms with Gasteiger partial charge in [0.2, 0.25) is 5.82 Å². The van der Waals surface area contributed by atoms with E-state index in [9.17, 15) is 14.9 Å². The fourth-order valence-corrected chi connectivity index (χ4v) is 2.38. The van der Waals surface area contributed by atoms with Gasteiger partial charge in [-0.25, -0.2) is 4.98 Å². The summed E-state index contributed by atoms with van der Waals surface area (Å²) in [6, 6.07) is 12.7. The second-order valence-electron chi connectivity index (χ2n) is 5.72. The summed E-state index contributed by atoms with van der Waals surface area (Å²) >= 11 is 0. The summed E-state index contributed by atoms with van der Waals surface area (Å²) in [5.41, 5.74) is 4.58.